The maximum atomic E-state index is 10.7. The topological polar surface area (TPSA) is 67.5 Å². The number of amides is 2. The van der Waals surface area contributed by atoms with Crippen LogP contribution in [-0.2, 0) is 0 Å². The lowest BCUT2D eigenvalue weighted by Gasteiger charge is -2.56. The maximum Gasteiger partial charge on any atom is 0.332 e. The van der Waals surface area contributed by atoms with Crippen LogP contribution in [0.5, 0.6) is 0 Å². The second-order valence-corrected chi connectivity index (χ2v) is 6.37. The van der Waals surface area contributed by atoms with Crippen LogP contribution in [0, 0.1) is 23.2 Å². The van der Waals surface area contributed by atoms with Crippen LogP contribution in [0.2, 0.25) is 0 Å². The molecule has 94 valence electrons. The average Bonchev–Trinajstić information content (AvgIpc) is 2.23. The third-order valence-electron chi connectivity index (χ3n) is 5.14. The van der Waals surface area contributed by atoms with Gasteiger partial charge in [0.2, 0.25) is 0 Å². The molecule has 17 heavy (non-hydrogen) atoms. The lowest BCUT2D eigenvalue weighted by atomic mass is 9.48. The van der Waals surface area contributed by atoms with Gasteiger partial charge in [0, 0.05) is 11.1 Å². The van der Waals surface area contributed by atoms with E-state index >= 15 is 0 Å². The summed E-state index contributed by atoms with van der Waals surface area (Å²) in [5.74, 6) is 2.71. The fourth-order valence-corrected chi connectivity index (χ4v) is 4.81. The molecule has 0 saturated heterocycles. The van der Waals surface area contributed by atoms with Gasteiger partial charge >= 0.3 is 6.03 Å². The molecule has 4 bridgehead atoms. The summed E-state index contributed by atoms with van der Waals surface area (Å²) in [6.45, 7) is 2.06. The first kappa shape index (κ1) is 11.1. The Morgan fingerprint density at radius 3 is 2.06 bits per heavy atom. The highest BCUT2D eigenvalue weighted by Gasteiger charge is 2.52. The number of nitrogens with one attached hydrogen (secondary N) is 1. The van der Waals surface area contributed by atoms with Crippen molar-refractivity contribution in [3.05, 3.63) is 0 Å². The SMILES string of the molecule is C/C(=N\NC(N)=O)C12CC3CC(CC(C3)C1)C2. The second-order valence-electron chi connectivity index (χ2n) is 6.37. The van der Waals surface area contributed by atoms with Crippen molar-refractivity contribution in [2.75, 3.05) is 0 Å². The van der Waals surface area contributed by atoms with Gasteiger partial charge in [0.1, 0.15) is 0 Å². The summed E-state index contributed by atoms with van der Waals surface area (Å²) in [5.41, 5.74) is 8.84. The van der Waals surface area contributed by atoms with E-state index in [1.165, 1.54) is 38.5 Å². The maximum absolute atomic E-state index is 10.7. The fourth-order valence-electron chi connectivity index (χ4n) is 4.81. The molecule has 0 unspecified atom stereocenters. The van der Waals surface area contributed by atoms with Crippen molar-refractivity contribution in [2.24, 2.45) is 34.0 Å². The summed E-state index contributed by atoms with van der Waals surface area (Å²) in [4.78, 5) is 10.7. The average molecular weight is 235 g/mol. The van der Waals surface area contributed by atoms with E-state index in [4.69, 9.17) is 5.73 Å². The molecule has 2 amide bonds. The van der Waals surface area contributed by atoms with Gasteiger partial charge in [-0.15, -0.1) is 0 Å². The summed E-state index contributed by atoms with van der Waals surface area (Å²) in [6, 6.07) is -0.561. The molecule has 0 aromatic carbocycles. The fraction of sp³-hybridized carbons (Fsp3) is 0.846. The van der Waals surface area contributed by atoms with Gasteiger partial charge in [-0.3, -0.25) is 0 Å². The summed E-state index contributed by atoms with van der Waals surface area (Å²) < 4.78 is 0. The van der Waals surface area contributed by atoms with E-state index < -0.39 is 6.03 Å². The molecule has 0 radical (unpaired) electrons. The van der Waals surface area contributed by atoms with Gasteiger partial charge in [0.05, 0.1) is 0 Å². The van der Waals surface area contributed by atoms with Crippen LogP contribution < -0.4 is 11.2 Å². The molecular formula is C13H21N3O. The number of rotatable bonds is 2. The number of nitrogens with zero attached hydrogens (tertiary/aromatic N) is 1. The number of hydrazone groups is 1. The quantitative estimate of drug-likeness (QED) is 0.559. The highest BCUT2D eigenvalue weighted by atomic mass is 16.2. The van der Waals surface area contributed by atoms with Crippen molar-refractivity contribution in [2.45, 2.75) is 45.4 Å². The molecule has 0 heterocycles. The van der Waals surface area contributed by atoms with Crippen LogP contribution in [-0.4, -0.2) is 11.7 Å². The predicted octanol–water partition coefficient (Wildman–Crippen LogP) is 2.25. The Morgan fingerprint density at radius 2 is 1.65 bits per heavy atom. The Balaban J connectivity index is 1.81. The zero-order valence-corrected chi connectivity index (χ0v) is 10.4. The van der Waals surface area contributed by atoms with E-state index in [0.29, 0.717) is 0 Å². The first-order chi connectivity index (χ1) is 8.07. The molecule has 4 heteroatoms. The zero-order chi connectivity index (χ0) is 12.0. The van der Waals surface area contributed by atoms with Crippen molar-refractivity contribution in [3.8, 4) is 0 Å². The van der Waals surface area contributed by atoms with Crippen molar-refractivity contribution in [1.29, 1.82) is 0 Å². The lowest BCUT2D eigenvalue weighted by molar-refractivity contribution is -0.0128. The minimum absolute atomic E-state index is 0.275. The molecule has 4 saturated carbocycles. The predicted molar refractivity (Wildman–Crippen MR) is 66.4 cm³/mol. The van der Waals surface area contributed by atoms with Crippen molar-refractivity contribution < 1.29 is 4.79 Å². The Labute approximate surface area is 102 Å². The summed E-state index contributed by atoms with van der Waals surface area (Å²) in [7, 11) is 0. The minimum Gasteiger partial charge on any atom is -0.350 e. The Morgan fingerprint density at radius 1 is 1.18 bits per heavy atom. The van der Waals surface area contributed by atoms with E-state index in [9.17, 15) is 4.79 Å². The lowest BCUT2D eigenvalue weighted by Crippen LogP contribution is -2.49. The smallest absolute Gasteiger partial charge is 0.332 e. The largest absolute Gasteiger partial charge is 0.350 e. The van der Waals surface area contributed by atoms with Gasteiger partial charge in [-0.05, 0) is 63.2 Å². The number of hydrogen-bond donors (Lipinski definition) is 2. The third-order valence-corrected chi connectivity index (χ3v) is 5.14. The van der Waals surface area contributed by atoms with E-state index in [0.717, 1.165) is 23.5 Å². The summed E-state index contributed by atoms with van der Waals surface area (Å²) >= 11 is 0. The van der Waals surface area contributed by atoms with Gasteiger partial charge in [-0.25, -0.2) is 10.2 Å². The van der Waals surface area contributed by atoms with Crippen molar-refractivity contribution >= 4 is 11.7 Å². The monoisotopic (exact) mass is 235 g/mol. The van der Waals surface area contributed by atoms with Gasteiger partial charge in [0.25, 0.3) is 0 Å². The molecule has 0 aromatic rings. The van der Waals surface area contributed by atoms with E-state index in [1.54, 1.807) is 0 Å². The van der Waals surface area contributed by atoms with Crippen LogP contribution >= 0.6 is 0 Å². The van der Waals surface area contributed by atoms with E-state index in [1.807, 2.05) is 0 Å². The number of urea groups is 1. The standard InChI is InChI=1S/C13H21N3O/c1-8(15-16-12(14)17)13-5-9-2-10(6-13)4-11(3-9)7-13/h9-11H,2-7H2,1H3,(H3,14,16,17)/b15-8+. The molecule has 4 fully saturated rings. The Hall–Kier alpha value is -1.06. The molecule has 3 N–H and O–H groups in total. The number of hydrogen-bond acceptors (Lipinski definition) is 2. The summed E-state index contributed by atoms with van der Waals surface area (Å²) in [5, 5.41) is 4.21. The Bertz CT molecular complexity index is 340. The number of primary amides is 1. The summed E-state index contributed by atoms with van der Waals surface area (Å²) in [6.07, 6.45) is 8.10. The van der Waals surface area contributed by atoms with Gasteiger partial charge in [-0.2, -0.15) is 5.10 Å². The van der Waals surface area contributed by atoms with Crippen LogP contribution in [0.4, 0.5) is 4.79 Å². The molecule has 0 spiro atoms. The first-order valence-corrected chi connectivity index (χ1v) is 6.67. The van der Waals surface area contributed by atoms with Crippen LogP contribution in [0.1, 0.15) is 45.4 Å². The first-order valence-electron chi connectivity index (χ1n) is 6.67. The number of carbonyl (C=O) groups is 1. The molecular weight excluding hydrogens is 214 g/mol. The second kappa shape index (κ2) is 3.72. The third kappa shape index (κ3) is 1.83. The molecule has 4 aliphatic rings. The van der Waals surface area contributed by atoms with Crippen molar-refractivity contribution in [3.63, 3.8) is 0 Å². The molecule has 0 aliphatic heterocycles. The van der Waals surface area contributed by atoms with Gasteiger partial charge < -0.3 is 5.73 Å². The number of nitrogens with two attached hydrogens (primary N) is 1. The number of carbonyl (C=O) groups excluding carboxylic acids is 1. The zero-order valence-electron chi connectivity index (χ0n) is 10.4. The van der Waals surface area contributed by atoms with E-state index in [2.05, 4.69) is 17.5 Å². The van der Waals surface area contributed by atoms with Crippen LogP contribution in [0.15, 0.2) is 5.10 Å². The molecule has 4 nitrogen and oxygen atoms in total. The van der Waals surface area contributed by atoms with Gasteiger partial charge in [-0.1, -0.05) is 0 Å². The Kier molecular flexibility index (Phi) is 2.42. The minimum atomic E-state index is -0.561. The van der Waals surface area contributed by atoms with Crippen LogP contribution in [0.25, 0.3) is 0 Å². The molecule has 4 rings (SSSR count). The molecule has 0 atom stereocenters. The highest BCUT2D eigenvalue weighted by molar-refractivity contribution is 5.89. The van der Waals surface area contributed by atoms with Crippen molar-refractivity contribution in [1.82, 2.24) is 5.43 Å². The highest BCUT2D eigenvalue weighted by Crippen LogP contribution is 2.60. The normalized spacial score (nSPS) is 43.8. The molecule has 4 aliphatic carbocycles. The molecule has 0 aromatic heterocycles. The van der Waals surface area contributed by atoms with Gasteiger partial charge in [0.15, 0.2) is 0 Å². The van der Waals surface area contributed by atoms with E-state index in [-0.39, 0.29) is 5.41 Å². The van der Waals surface area contributed by atoms with Crippen LogP contribution in [0.3, 0.4) is 0 Å².